The number of allylic oxidation sites excluding steroid dienone is 1. The number of nitrogens with one attached hydrogen (secondary N) is 3. The third-order valence-corrected chi connectivity index (χ3v) is 9.01. The molecule has 0 atom stereocenters. The summed E-state index contributed by atoms with van der Waals surface area (Å²) in [5, 5.41) is 27.2. The number of fused-ring (bicyclic) bond motifs is 1. The first-order valence-electron chi connectivity index (χ1n) is 14.1. The Bertz CT molecular complexity index is 1220. The van der Waals surface area contributed by atoms with Gasteiger partial charge in [-0.3, -0.25) is 19.9 Å². The molecule has 2 aliphatic carbocycles. The molecular formula is C29H45ClN8S2. The minimum atomic E-state index is -0.719. The highest BCUT2D eigenvalue weighted by Crippen LogP contribution is 2.49. The van der Waals surface area contributed by atoms with Crippen LogP contribution in [0.5, 0.6) is 0 Å². The van der Waals surface area contributed by atoms with Gasteiger partial charge < -0.3 is 9.80 Å². The lowest BCUT2D eigenvalue weighted by molar-refractivity contribution is 0.313. The van der Waals surface area contributed by atoms with E-state index < -0.39 is 5.41 Å². The summed E-state index contributed by atoms with van der Waals surface area (Å²) in [4.78, 5) is 10.2. The summed E-state index contributed by atoms with van der Waals surface area (Å²) in [5.41, 5.74) is 1.26. The molecule has 2 aromatic heterocycles. The number of likely N-dealkylation sites (N-methyl/N-ethyl adjacent to an activating group) is 1. The molecule has 0 aromatic carbocycles. The maximum Gasteiger partial charge on any atom is 0.171 e. The summed E-state index contributed by atoms with van der Waals surface area (Å²) in [5.74, 6) is 0.411. The van der Waals surface area contributed by atoms with Gasteiger partial charge in [0.15, 0.2) is 11.0 Å². The molecule has 2 saturated carbocycles. The average molecular weight is 605 g/mol. The number of imidazole rings is 1. The van der Waals surface area contributed by atoms with E-state index in [0.29, 0.717) is 23.8 Å². The van der Waals surface area contributed by atoms with E-state index in [4.69, 9.17) is 22.4 Å². The minimum Gasteiger partial charge on any atom is -0.367 e. The van der Waals surface area contributed by atoms with Gasteiger partial charge in [0.1, 0.15) is 16.0 Å². The number of halogens is 1. The second kappa shape index (κ2) is 15.3. The van der Waals surface area contributed by atoms with Gasteiger partial charge in [-0.1, -0.05) is 57.1 Å². The van der Waals surface area contributed by atoms with Crippen molar-refractivity contribution in [1.82, 2.24) is 19.0 Å². The van der Waals surface area contributed by atoms with Crippen molar-refractivity contribution in [2.45, 2.75) is 77.7 Å². The number of pyridine rings is 1. The number of thioether (sulfide) groups is 1. The first-order valence-corrected chi connectivity index (χ1v) is 16.1. The van der Waals surface area contributed by atoms with Crippen molar-refractivity contribution in [1.29, 1.82) is 16.1 Å². The van der Waals surface area contributed by atoms with Crippen LogP contribution in [0.1, 0.15) is 73.1 Å². The zero-order valence-corrected chi connectivity index (χ0v) is 27.4. The molecule has 0 unspecified atom stereocenters. The standard InChI is InChI=1S/C22H27ClN8S2.C3H6.2C2H6/c1-21(3-4-21)28-33-14-11-15(30-9-7-29(2)8-10-30)16-17(23)27-19(31(16)12-14)18(25)32-20(26)22(13-24)5-6-22;1-3-2;2*1-2/h11-12,25-26,28H,3-10H2,1-2H3;3H,1H2,2H3;2*1-2H3. The number of nitriles is 1. The summed E-state index contributed by atoms with van der Waals surface area (Å²) < 4.78 is 5.46. The first-order chi connectivity index (χ1) is 19.1. The Morgan fingerprint density at radius 1 is 1.15 bits per heavy atom. The first kappa shape index (κ1) is 34.2. The van der Waals surface area contributed by atoms with Crippen molar-refractivity contribution in [2.75, 3.05) is 38.1 Å². The molecular weight excluding hydrogens is 560 g/mol. The van der Waals surface area contributed by atoms with E-state index in [-0.39, 0.29) is 15.6 Å². The molecule has 0 spiro atoms. The molecule has 0 amide bonds. The van der Waals surface area contributed by atoms with E-state index in [1.807, 2.05) is 45.2 Å². The fourth-order valence-electron chi connectivity index (χ4n) is 3.86. The highest BCUT2D eigenvalue weighted by molar-refractivity contribution is 8.26. The molecule has 0 radical (unpaired) electrons. The molecule has 11 heteroatoms. The molecule has 3 fully saturated rings. The van der Waals surface area contributed by atoms with Gasteiger partial charge in [0.05, 0.1) is 16.8 Å². The highest BCUT2D eigenvalue weighted by atomic mass is 35.5. The number of hydrogen-bond acceptors (Lipinski definition) is 9. The number of nitrogens with zero attached hydrogens (tertiary/aromatic N) is 5. The molecule has 0 bridgehead atoms. The highest BCUT2D eigenvalue weighted by Gasteiger charge is 2.48. The van der Waals surface area contributed by atoms with Crippen molar-refractivity contribution >= 4 is 56.6 Å². The SMILES string of the molecule is C=CC.CC.CC.CN1CCN(c2cc(SNC3(C)CC3)cn3c(C(=N)SC(=N)C4(C#N)CC4)nc(Cl)c23)CC1. The van der Waals surface area contributed by atoms with Crippen molar-refractivity contribution in [3.63, 3.8) is 0 Å². The molecule has 1 saturated heterocycles. The van der Waals surface area contributed by atoms with Crippen LogP contribution in [-0.4, -0.2) is 63.1 Å². The average Bonchev–Trinajstić information content (AvgIpc) is 3.89. The normalized spacial score (nSPS) is 18.0. The summed E-state index contributed by atoms with van der Waals surface area (Å²) in [6, 6.07) is 4.40. The van der Waals surface area contributed by atoms with Gasteiger partial charge in [-0.15, -0.1) is 6.58 Å². The van der Waals surface area contributed by atoms with E-state index in [1.165, 1.54) is 12.8 Å². The number of anilines is 1. The van der Waals surface area contributed by atoms with Crippen molar-refractivity contribution < 1.29 is 0 Å². The lowest BCUT2D eigenvalue weighted by atomic mass is 10.2. The van der Waals surface area contributed by atoms with Crippen molar-refractivity contribution in [3.8, 4) is 6.07 Å². The van der Waals surface area contributed by atoms with E-state index >= 15 is 0 Å². The fourth-order valence-corrected chi connectivity index (χ4v) is 5.91. The number of aromatic nitrogens is 2. The Kier molecular flexibility index (Phi) is 13.0. The predicted molar refractivity (Wildman–Crippen MR) is 175 cm³/mol. The van der Waals surface area contributed by atoms with Crippen LogP contribution >= 0.6 is 35.3 Å². The smallest absolute Gasteiger partial charge is 0.171 e. The quantitative estimate of drug-likeness (QED) is 0.136. The van der Waals surface area contributed by atoms with Crippen LogP contribution in [0.3, 0.4) is 0 Å². The van der Waals surface area contributed by atoms with Crippen LogP contribution in [-0.2, 0) is 0 Å². The summed E-state index contributed by atoms with van der Waals surface area (Å²) >= 11 is 9.26. The Hall–Kier alpha value is -2.03. The van der Waals surface area contributed by atoms with Gasteiger partial charge in [0.2, 0.25) is 0 Å². The Labute approximate surface area is 254 Å². The molecule has 5 rings (SSSR count). The summed E-state index contributed by atoms with van der Waals surface area (Å²) in [6.07, 6.45) is 7.43. The molecule has 2 aromatic rings. The molecule has 8 nitrogen and oxygen atoms in total. The number of rotatable bonds is 6. The third kappa shape index (κ3) is 8.26. The lowest BCUT2D eigenvalue weighted by Crippen LogP contribution is -2.44. The van der Waals surface area contributed by atoms with Crippen LogP contribution in [0.4, 0.5) is 5.69 Å². The van der Waals surface area contributed by atoms with Gasteiger partial charge in [0, 0.05) is 42.8 Å². The fraction of sp³-hybridized carbons (Fsp3) is 0.586. The Balaban J connectivity index is 0.000000737. The molecule has 3 N–H and O–H groups in total. The van der Waals surface area contributed by atoms with Gasteiger partial charge in [-0.25, -0.2) is 4.98 Å². The Morgan fingerprint density at radius 3 is 2.23 bits per heavy atom. The molecule has 3 heterocycles. The van der Waals surface area contributed by atoms with E-state index in [2.05, 4.69) is 52.2 Å². The van der Waals surface area contributed by atoms with E-state index in [9.17, 15) is 5.26 Å². The maximum absolute atomic E-state index is 9.42. The maximum atomic E-state index is 9.42. The van der Waals surface area contributed by atoms with E-state index in [0.717, 1.165) is 54.0 Å². The zero-order chi connectivity index (χ0) is 30.1. The zero-order valence-electron chi connectivity index (χ0n) is 25.0. The van der Waals surface area contributed by atoms with Crippen LogP contribution in [0.15, 0.2) is 29.8 Å². The molecule has 220 valence electrons. The van der Waals surface area contributed by atoms with Gasteiger partial charge in [-0.2, -0.15) is 5.26 Å². The second-order valence-electron chi connectivity index (χ2n) is 9.92. The van der Waals surface area contributed by atoms with Gasteiger partial charge >= 0.3 is 0 Å². The summed E-state index contributed by atoms with van der Waals surface area (Å²) in [7, 11) is 2.13. The molecule has 40 heavy (non-hydrogen) atoms. The van der Waals surface area contributed by atoms with Crippen molar-refractivity contribution in [3.05, 3.63) is 35.9 Å². The molecule has 3 aliphatic rings. The Morgan fingerprint density at radius 2 is 1.73 bits per heavy atom. The number of hydrogen-bond donors (Lipinski definition) is 3. The lowest BCUT2D eigenvalue weighted by Gasteiger charge is -2.34. The number of piperazine rings is 1. The monoisotopic (exact) mass is 604 g/mol. The van der Waals surface area contributed by atoms with Gasteiger partial charge in [-0.05, 0) is 64.6 Å². The van der Waals surface area contributed by atoms with E-state index in [1.54, 1.807) is 18.0 Å². The topological polar surface area (TPSA) is 107 Å². The predicted octanol–water partition coefficient (Wildman–Crippen LogP) is 7.47. The minimum absolute atomic E-state index is 0.136. The van der Waals surface area contributed by atoms with Crippen LogP contribution in [0.2, 0.25) is 5.15 Å². The van der Waals surface area contributed by atoms with Gasteiger partial charge in [0.25, 0.3) is 0 Å². The molecule has 1 aliphatic heterocycles. The van der Waals surface area contributed by atoms with Crippen LogP contribution in [0, 0.1) is 27.6 Å². The second-order valence-corrected chi connectivity index (χ2v) is 12.2. The summed E-state index contributed by atoms with van der Waals surface area (Å²) in [6.45, 7) is 19.2. The third-order valence-electron chi connectivity index (χ3n) is 6.71. The van der Waals surface area contributed by atoms with Crippen LogP contribution in [0.25, 0.3) is 5.52 Å². The largest absolute Gasteiger partial charge is 0.367 e. The van der Waals surface area contributed by atoms with Crippen molar-refractivity contribution in [2.24, 2.45) is 5.41 Å². The van der Waals surface area contributed by atoms with Crippen LogP contribution < -0.4 is 9.62 Å².